The first-order valence-electron chi connectivity index (χ1n) is 5.75. The Morgan fingerprint density at radius 1 is 1.24 bits per heavy atom. The van der Waals surface area contributed by atoms with Crippen molar-refractivity contribution in [3.63, 3.8) is 0 Å². The molecule has 1 aromatic rings. The van der Waals surface area contributed by atoms with Crippen molar-refractivity contribution in [1.82, 2.24) is 5.32 Å². The van der Waals surface area contributed by atoms with Gasteiger partial charge in [0.05, 0.1) is 6.10 Å². The Hall–Kier alpha value is -1.46. The lowest BCUT2D eigenvalue weighted by Crippen LogP contribution is -2.43. The van der Waals surface area contributed by atoms with Crippen molar-refractivity contribution in [3.8, 4) is 17.2 Å². The van der Waals surface area contributed by atoms with Crippen LogP contribution in [0.3, 0.4) is 0 Å². The summed E-state index contributed by atoms with van der Waals surface area (Å²) in [5.74, 6) is 1.47. The fourth-order valence-electron chi connectivity index (χ4n) is 2.12. The second-order valence-corrected chi connectivity index (χ2v) is 4.54. The molecule has 5 heteroatoms. The number of nitrogens with one attached hydrogen (secondary N) is 1. The highest BCUT2D eigenvalue weighted by molar-refractivity contribution is 5.51. The second-order valence-electron chi connectivity index (χ2n) is 4.54. The molecule has 0 unspecified atom stereocenters. The molecule has 3 rings (SSSR count). The molecule has 1 heterocycles. The molecule has 1 aliphatic heterocycles. The lowest BCUT2D eigenvalue weighted by Gasteiger charge is -2.32. The molecular weight excluding hydrogens is 222 g/mol. The van der Waals surface area contributed by atoms with Crippen LogP contribution < -0.4 is 14.8 Å². The molecule has 0 bridgehead atoms. The smallest absolute Gasteiger partial charge is 0.231 e. The number of ether oxygens (including phenoxy) is 2. The third-order valence-electron chi connectivity index (χ3n) is 3.27. The van der Waals surface area contributed by atoms with Gasteiger partial charge in [0.2, 0.25) is 6.79 Å². The van der Waals surface area contributed by atoms with E-state index < -0.39 is 0 Å². The van der Waals surface area contributed by atoms with Crippen LogP contribution in [0, 0.1) is 0 Å². The van der Waals surface area contributed by atoms with E-state index in [2.05, 4.69) is 5.32 Å². The maximum atomic E-state index is 9.81. The van der Waals surface area contributed by atoms with Gasteiger partial charge in [0.15, 0.2) is 11.5 Å². The Labute approximate surface area is 99.0 Å². The molecule has 1 fully saturated rings. The van der Waals surface area contributed by atoms with Gasteiger partial charge in [-0.3, -0.25) is 0 Å². The largest absolute Gasteiger partial charge is 0.507 e. The maximum absolute atomic E-state index is 9.81. The van der Waals surface area contributed by atoms with Crippen LogP contribution in [-0.2, 0) is 6.54 Å². The summed E-state index contributed by atoms with van der Waals surface area (Å²) in [5.41, 5.74) is 0.788. The number of aliphatic hydroxyl groups is 1. The Bertz CT molecular complexity index is 429. The summed E-state index contributed by atoms with van der Waals surface area (Å²) < 4.78 is 10.4. The van der Waals surface area contributed by atoms with E-state index in [-0.39, 0.29) is 18.6 Å². The summed E-state index contributed by atoms with van der Waals surface area (Å²) in [6.45, 7) is 0.778. The molecule has 3 N–H and O–H groups in total. The summed E-state index contributed by atoms with van der Waals surface area (Å²) in [6, 6.07) is 3.71. The van der Waals surface area contributed by atoms with Crippen molar-refractivity contribution >= 4 is 0 Å². The quantitative estimate of drug-likeness (QED) is 0.723. The van der Waals surface area contributed by atoms with Crippen LogP contribution in [0.25, 0.3) is 0 Å². The summed E-state index contributed by atoms with van der Waals surface area (Å²) in [7, 11) is 0. The lowest BCUT2D eigenvalue weighted by atomic mass is 9.89. The Kier molecular flexibility index (Phi) is 2.57. The van der Waals surface area contributed by atoms with Gasteiger partial charge >= 0.3 is 0 Å². The Morgan fingerprint density at radius 2 is 1.94 bits per heavy atom. The fraction of sp³-hybridized carbons (Fsp3) is 0.500. The van der Waals surface area contributed by atoms with Crippen LogP contribution in [0.15, 0.2) is 12.1 Å². The molecule has 92 valence electrons. The van der Waals surface area contributed by atoms with Crippen LogP contribution >= 0.6 is 0 Å². The number of phenolic OH excluding ortho intramolecular Hbond substituents is 1. The molecule has 17 heavy (non-hydrogen) atoms. The van der Waals surface area contributed by atoms with Gasteiger partial charge in [-0.1, -0.05) is 0 Å². The monoisotopic (exact) mass is 237 g/mol. The van der Waals surface area contributed by atoms with Gasteiger partial charge in [-0.05, 0) is 18.9 Å². The average molecular weight is 237 g/mol. The van der Waals surface area contributed by atoms with Crippen LogP contribution in [0.4, 0.5) is 0 Å². The SMILES string of the molecule is Oc1cc2c(cc1CNC1CC(O)C1)OCO2. The molecule has 1 aliphatic carbocycles. The van der Waals surface area contributed by atoms with E-state index >= 15 is 0 Å². The highest BCUT2D eigenvalue weighted by Gasteiger charge is 2.26. The minimum Gasteiger partial charge on any atom is -0.507 e. The summed E-state index contributed by atoms with van der Waals surface area (Å²) >= 11 is 0. The van der Waals surface area contributed by atoms with E-state index in [1.165, 1.54) is 0 Å². The number of aliphatic hydroxyl groups excluding tert-OH is 1. The van der Waals surface area contributed by atoms with Gasteiger partial charge in [0, 0.05) is 24.2 Å². The number of hydrogen-bond donors (Lipinski definition) is 3. The topological polar surface area (TPSA) is 71.0 Å². The number of benzene rings is 1. The number of fused-ring (bicyclic) bond motifs is 1. The zero-order valence-corrected chi connectivity index (χ0v) is 9.35. The number of hydrogen-bond acceptors (Lipinski definition) is 5. The minimum absolute atomic E-state index is 0.169. The van der Waals surface area contributed by atoms with E-state index in [1.54, 1.807) is 12.1 Å². The average Bonchev–Trinajstić information content (AvgIpc) is 2.69. The second kappa shape index (κ2) is 4.09. The van der Waals surface area contributed by atoms with E-state index in [0.717, 1.165) is 18.4 Å². The van der Waals surface area contributed by atoms with Crippen LogP contribution in [0.2, 0.25) is 0 Å². The molecule has 1 aromatic carbocycles. The molecular formula is C12H15NO4. The van der Waals surface area contributed by atoms with Crippen molar-refractivity contribution in [2.75, 3.05) is 6.79 Å². The zero-order valence-electron chi connectivity index (χ0n) is 9.35. The van der Waals surface area contributed by atoms with E-state index in [0.29, 0.717) is 24.1 Å². The molecule has 0 spiro atoms. The van der Waals surface area contributed by atoms with Crippen molar-refractivity contribution < 1.29 is 19.7 Å². The highest BCUT2D eigenvalue weighted by Crippen LogP contribution is 2.37. The van der Waals surface area contributed by atoms with Gasteiger partial charge in [0.25, 0.3) is 0 Å². The predicted molar refractivity (Wildman–Crippen MR) is 60.1 cm³/mol. The van der Waals surface area contributed by atoms with Crippen molar-refractivity contribution in [1.29, 1.82) is 0 Å². The molecule has 0 atom stereocenters. The summed E-state index contributed by atoms with van der Waals surface area (Å²) in [5, 5.41) is 22.3. The van der Waals surface area contributed by atoms with Crippen molar-refractivity contribution in [2.45, 2.75) is 31.5 Å². The first kappa shape index (κ1) is 10.7. The first-order chi connectivity index (χ1) is 8.22. The number of rotatable bonds is 3. The van der Waals surface area contributed by atoms with Gasteiger partial charge < -0.3 is 25.0 Å². The van der Waals surface area contributed by atoms with Crippen LogP contribution in [-0.4, -0.2) is 29.2 Å². The molecule has 0 aromatic heterocycles. The molecule has 0 saturated heterocycles. The van der Waals surface area contributed by atoms with E-state index in [1.807, 2.05) is 0 Å². The first-order valence-corrected chi connectivity index (χ1v) is 5.75. The van der Waals surface area contributed by atoms with E-state index in [9.17, 15) is 10.2 Å². The predicted octanol–water partition coefficient (Wildman–Crippen LogP) is 0.734. The molecule has 5 nitrogen and oxygen atoms in total. The molecule has 0 amide bonds. The zero-order chi connectivity index (χ0) is 11.8. The summed E-state index contributed by atoms with van der Waals surface area (Å²) in [4.78, 5) is 0. The third kappa shape index (κ3) is 2.03. The number of aromatic hydroxyl groups is 1. The Balaban J connectivity index is 1.66. The highest BCUT2D eigenvalue weighted by atomic mass is 16.7. The van der Waals surface area contributed by atoms with E-state index in [4.69, 9.17) is 9.47 Å². The van der Waals surface area contributed by atoms with Crippen molar-refractivity contribution in [2.24, 2.45) is 0 Å². The van der Waals surface area contributed by atoms with Gasteiger partial charge in [-0.2, -0.15) is 0 Å². The number of phenols is 1. The lowest BCUT2D eigenvalue weighted by molar-refractivity contribution is 0.0618. The summed E-state index contributed by atoms with van der Waals surface area (Å²) in [6.07, 6.45) is 1.40. The molecule has 1 saturated carbocycles. The fourth-order valence-corrected chi connectivity index (χ4v) is 2.12. The van der Waals surface area contributed by atoms with Gasteiger partial charge in [-0.25, -0.2) is 0 Å². The van der Waals surface area contributed by atoms with Crippen molar-refractivity contribution in [3.05, 3.63) is 17.7 Å². The normalized spacial score (nSPS) is 25.7. The van der Waals surface area contributed by atoms with Gasteiger partial charge in [0.1, 0.15) is 5.75 Å². The molecule has 0 radical (unpaired) electrons. The molecule has 2 aliphatic rings. The van der Waals surface area contributed by atoms with Crippen LogP contribution in [0.5, 0.6) is 17.2 Å². The maximum Gasteiger partial charge on any atom is 0.231 e. The van der Waals surface area contributed by atoms with Crippen LogP contribution in [0.1, 0.15) is 18.4 Å². The standard InChI is InChI=1S/C12H15NO4/c14-9-2-8(3-9)13-5-7-1-11-12(4-10(7)15)17-6-16-11/h1,4,8-9,13-15H,2-3,5-6H2. The Morgan fingerprint density at radius 3 is 2.65 bits per heavy atom. The minimum atomic E-state index is -0.169. The van der Waals surface area contributed by atoms with Gasteiger partial charge in [-0.15, -0.1) is 0 Å². The third-order valence-corrected chi connectivity index (χ3v) is 3.27.